The largest absolute Gasteiger partial charge is 0.507 e. The van der Waals surface area contributed by atoms with E-state index in [0.717, 1.165) is 18.6 Å². The number of carboxylic acids is 1. The number of aliphatic hydroxyl groups excluding tert-OH is 2. The molecule has 3 fully saturated rings. The quantitative estimate of drug-likeness (QED) is 0.224. The standard InChI is InChI=1S/C27H32O11/c1-11-17(12(2)28)20(30)18-15(19(11)29)9-13(23(33)34)10-16(18)37-24-21(31)22(32)27(36)8-6-14-5-3-4-7-26(14,35)25(27)38-24/h9-10,14,21-22,24-25,29-32,35-36H,3-8H2,1-2H3,(H,33,34)/t14-,21-,22-,24+,25-,26+,27-/m1/s1. The summed E-state index contributed by atoms with van der Waals surface area (Å²) in [6.07, 6.45) is -3.48. The third kappa shape index (κ3) is 3.76. The van der Waals surface area contributed by atoms with Crippen LogP contribution >= 0.6 is 0 Å². The molecule has 1 heterocycles. The van der Waals surface area contributed by atoms with Crippen molar-refractivity contribution in [1.29, 1.82) is 0 Å². The van der Waals surface area contributed by atoms with Gasteiger partial charge in [-0.15, -0.1) is 0 Å². The Hall–Kier alpha value is -2.96. The number of Topliss-reactive ketones (excluding diaryl/α,β-unsaturated/α-hetero) is 1. The Morgan fingerprint density at radius 3 is 2.39 bits per heavy atom. The van der Waals surface area contributed by atoms with Crippen molar-refractivity contribution in [1.82, 2.24) is 0 Å². The van der Waals surface area contributed by atoms with E-state index in [2.05, 4.69) is 0 Å². The van der Waals surface area contributed by atoms with Crippen molar-refractivity contribution in [3.05, 3.63) is 28.8 Å². The molecule has 38 heavy (non-hydrogen) atoms. The summed E-state index contributed by atoms with van der Waals surface area (Å²) in [6.45, 7) is 2.59. The van der Waals surface area contributed by atoms with Crippen LogP contribution in [0.3, 0.4) is 0 Å². The lowest BCUT2D eigenvalue weighted by Gasteiger charge is -2.59. The average Bonchev–Trinajstić information content (AvgIpc) is 2.86. The lowest BCUT2D eigenvalue weighted by molar-refractivity contribution is -0.361. The normalized spacial score (nSPS) is 34.8. The molecule has 2 aromatic carbocycles. The Labute approximate surface area is 217 Å². The van der Waals surface area contributed by atoms with Gasteiger partial charge < -0.3 is 45.2 Å². The number of aromatic carboxylic acids is 1. The van der Waals surface area contributed by atoms with Crippen molar-refractivity contribution >= 4 is 22.5 Å². The minimum atomic E-state index is -1.95. The van der Waals surface area contributed by atoms with Gasteiger partial charge in [-0.1, -0.05) is 12.8 Å². The first-order valence-electron chi connectivity index (χ1n) is 12.7. The van der Waals surface area contributed by atoms with E-state index in [1.54, 1.807) is 0 Å². The molecule has 0 aromatic heterocycles. The summed E-state index contributed by atoms with van der Waals surface area (Å²) in [4.78, 5) is 24.1. The van der Waals surface area contributed by atoms with Gasteiger partial charge in [0.2, 0.25) is 6.29 Å². The molecule has 11 heteroatoms. The van der Waals surface area contributed by atoms with Crippen LogP contribution in [0.15, 0.2) is 12.1 Å². The summed E-state index contributed by atoms with van der Waals surface area (Å²) in [5.41, 5.74) is -3.93. The van der Waals surface area contributed by atoms with Gasteiger partial charge >= 0.3 is 5.97 Å². The number of carboxylic acid groups (broad SMARTS) is 1. The van der Waals surface area contributed by atoms with Gasteiger partial charge in [-0.25, -0.2) is 4.79 Å². The number of rotatable bonds is 4. The molecule has 0 bridgehead atoms. The van der Waals surface area contributed by atoms with Crippen LogP contribution in [-0.2, 0) is 4.74 Å². The first kappa shape index (κ1) is 26.6. The fraction of sp³-hybridized carbons (Fsp3) is 0.556. The highest BCUT2D eigenvalue weighted by molar-refractivity contribution is 6.11. The highest BCUT2D eigenvalue weighted by Gasteiger charge is 2.66. The van der Waals surface area contributed by atoms with Crippen molar-refractivity contribution in [2.24, 2.45) is 5.92 Å². The van der Waals surface area contributed by atoms with Gasteiger partial charge in [0.15, 0.2) is 5.78 Å². The van der Waals surface area contributed by atoms with Crippen LogP contribution in [-0.4, -0.2) is 83.3 Å². The van der Waals surface area contributed by atoms with E-state index in [9.17, 15) is 45.3 Å². The molecule has 1 saturated heterocycles. The predicted octanol–water partition coefficient (Wildman–Crippen LogP) is 1.73. The van der Waals surface area contributed by atoms with Gasteiger partial charge in [0.05, 0.1) is 22.1 Å². The summed E-state index contributed by atoms with van der Waals surface area (Å²) in [5, 5.41) is 76.0. The second-order valence-electron chi connectivity index (χ2n) is 10.9. The first-order chi connectivity index (χ1) is 17.8. The van der Waals surface area contributed by atoms with Crippen LogP contribution in [0, 0.1) is 12.8 Å². The van der Waals surface area contributed by atoms with E-state index in [1.807, 2.05) is 0 Å². The average molecular weight is 533 g/mol. The summed E-state index contributed by atoms with van der Waals surface area (Å²) in [6, 6.07) is 2.14. The maximum atomic E-state index is 12.3. The van der Waals surface area contributed by atoms with Crippen molar-refractivity contribution in [2.75, 3.05) is 0 Å². The highest BCUT2D eigenvalue weighted by Crippen LogP contribution is 2.53. The molecule has 5 rings (SSSR count). The summed E-state index contributed by atoms with van der Waals surface area (Å²) in [5.74, 6) is -3.49. The first-order valence-corrected chi connectivity index (χ1v) is 12.7. The lowest BCUT2D eigenvalue weighted by Crippen LogP contribution is -2.76. The van der Waals surface area contributed by atoms with E-state index >= 15 is 0 Å². The van der Waals surface area contributed by atoms with Crippen LogP contribution in [0.2, 0.25) is 0 Å². The molecule has 0 radical (unpaired) electrons. The summed E-state index contributed by atoms with van der Waals surface area (Å²) < 4.78 is 11.9. The van der Waals surface area contributed by atoms with E-state index < -0.39 is 59.1 Å². The van der Waals surface area contributed by atoms with Crippen molar-refractivity contribution in [3.8, 4) is 17.2 Å². The molecule has 2 saturated carbocycles. The molecule has 2 aliphatic carbocycles. The molecule has 0 spiro atoms. The number of aromatic hydroxyl groups is 2. The molecule has 206 valence electrons. The van der Waals surface area contributed by atoms with E-state index in [1.165, 1.54) is 13.8 Å². The van der Waals surface area contributed by atoms with Gasteiger partial charge in [-0.3, -0.25) is 4.79 Å². The number of benzene rings is 2. The Balaban J connectivity index is 1.63. The minimum Gasteiger partial charge on any atom is -0.507 e. The Morgan fingerprint density at radius 1 is 1.03 bits per heavy atom. The van der Waals surface area contributed by atoms with Gasteiger partial charge in [-0.2, -0.15) is 0 Å². The lowest BCUT2D eigenvalue weighted by atomic mass is 9.58. The number of phenolic OH excluding ortho intramolecular Hbond substituents is 2. The number of carbonyl (C=O) groups is 2. The van der Waals surface area contributed by atoms with Crippen molar-refractivity contribution in [3.63, 3.8) is 0 Å². The number of ketones is 1. The fourth-order valence-electron chi connectivity index (χ4n) is 6.70. The van der Waals surface area contributed by atoms with Crippen LogP contribution in [0.25, 0.3) is 10.8 Å². The molecule has 7 atom stereocenters. The highest BCUT2D eigenvalue weighted by atomic mass is 16.7. The van der Waals surface area contributed by atoms with E-state index in [4.69, 9.17) is 9.47 Å². The van der Waals surface area contributed by atoms with Crippen LogP contribution in [0.1, 0.15) is 71.7 Å². The second-order valence-corrected chi connectivity index (χ2v) is 10.9. The molecule has 11 nitrogen and oxygen atoms in total. The Morgan fingerprint density at radius 2 is 1.74 bits per heavy atom. The summed E-state index contributed by atoms with van der Waals surface area (Å²) in [7, 11) is 0. The van der Waals surface area contributed by atoms with Crippen LogP contribution in [0.4, 0.5) is 0 Å². The van der Waals surface area contributed by atoms with Gasteiger partial charge in [0, 0.05) is 10.9 Å². The SMILES string of the molecule is CC(=O)c1c(C)c(O)c2cc(C(=O)O)cc(O[C@H]3O[C@@H]4[C@]5(O)CCCC[C@@H]5CC[C@@]4(O)[C@H](O)[C@H]3O)c2c1O. The minimum absolute atomic E-state index is 0.0400. The maximum absolute atomic E-state index is 12.3. The fourth-order valence-corrected chi connectivity index (χ4v) is 6.70. The molecule has 7 N–H and O–H groups in total. The van der Waals surface area contributed by atoms with Crippen LogP contribution in [0.5, 0.6) is 17.2 Å². The van der Waals surface area contributed by atoms with E-state index in [-0.39, 0.29) is 45.6 Å². The zero-order chi connectivity index (χ0) is 27.7. The third-order valence-corrected chi connectivity index (χ3v) is 8.68. The topological polar surface area (TPSA) is 194 Å². The molecule has 0 amide bonds. The molecule has 2 aromatic rings. The van der Waals surface area contributed by atoms with Gasteiger partial charge in [0.25, 0.3) is 0 Å². The van der Waals surface area contributed by atoms with Crippen LogP contribution < -0.4 is 4.74 Å². The molecular weight excluding hydrogens is 500 g/mol. The number of carbonyl (C=O) groups excluding carboxylic acids is 1. The molecule has 3 aliphatic rings. The number of hydrogen-bond donors (Lipinski definition) is 7. The van der Waals surface area contributed by atoms with E-state index in [0.29, 0.717) is 25.7 Å². The smallest absolute Gasteiger partial charge is 0.335 e. The van der Waals surface area contributed by atoms with Gasteiger partial charge in [0.1, 0.15) is 41.2 Å². The monoisotopic (exact) mass is 532 g/mol. The predicted molar refractivity (Wildman–Crippen MR) is 131 cm³/mol. The second kappa shape index (κ2) is 9.06. The third-order valence-electron chi connectivity index (χ3n) is 8.68. The number of fused-ring (bicyclic) bond motifs is 4. The number of hydrogen-bond acceptors (Lipinski definition) is 10. The molecular formula is C27H32O11. The number of phenols is 2. The number of ether oxygens (including phenoxy) is 2. The molecule has 1 aliphatic heterocycles. The molecule has 0 unspecified atom stereocenters. The zero-order valence-electron chi connectivity index (χ0n) is 21.0. The Bertz CT molecular complexity index is 1320. The van der Waals surface area contributed by atoms with Crippen molar-refractivity contribution in [2.45, 2.75) is 88.2 Å². The number of aliphatic hydroxyl groups is 4. The summed E-state index contributed by atoms with van der Waals surface area (Å²) >= 11 is 0. The maximum Gasteiger partial charge on any atom is 0.335 e. The zero-order valence-corrected chi connectivity index (χ0v) is 21.0. The van der Waals surface area contributed by atoms with Gasteiger partial charge in [-0.05, 0) is 57.6 Å². The Kier molecular flexibility index (Phi) is 6.35. The van der Waals surface area contributed by atoms with Crippen molar-refractivity contribution < 1.29 is 54.8 Å².